The SMILES string of the molecule is CCSc1ccc(CNC(=O)c2ccc3c(c2)cc(Cc2ccccc2C)n3C(C)C)cc1. The number of hydrogen-bond donors (Lipinski definition) is 1. The smallest absolute Gasteiger partial charge is 0.251 e. The third kappa shape index (κ3) is 5.33. The van der Waals surface area contributed by atoms with E-state index in [1.807, 2.05) is 23.9 Å². The number of fused-ring (bicyclic) bond motifs is 1. The van der Waals surface area contributed by atoms with Gasteiger partial charge in [-0.3, -0.25) is 4.79 Å². The summed E-state index contributed by atoms with van der Waals surface area (Å²) >= 11 is 1.82. The van der Waals surface area contributed by atoms with Crippen molar-refractivity contribution in [3.63, 3.8) is 0 Å². The van der Waals surface area contributed by atoms with E-state index in [0.717, 1.165) is 23.1 Å². The summed E-state index contributed by atoms with van der Waals surface area (Å²) in [6.45, 7) is 9.27. The number of carbonyl (C=O) groups excluding carboxylic acids is 1. The summed E-state index contributed by atoms with van der Waals surface area (Å²) in [5.41, 5.74) is 6.90. The van der Waals surface area contributed by atoms with E-state index >= 15 is 0 Å². The van der Waals surface area contributed by atoms with Gasteiger partial charge < -0.3 is 9.88 Å². The maximum Gasteiger partial charge on any atom is 0.251 e. The quantitative estimate of drug-likeness (QED) is 0.285. The molecule has 0 saturated carbocycles. The van der Waals surface area contributed by atoms with Crippen molar-refractivity contribution in [2.75, 3.05) is 5.75 Å². The monoisotopic (exact) mass is 456 g/mol. The number of benzene rings is 3. The van der Waals surface area contributed by atoms with Crippen molar-refractivity contribution in [1.82, 2.24) is 9.88 Å². The first-order valence-electron chi connectivity index (χ1n) is 11.6. The molecule has 1 aromatic heterocycles. The molecule has 0 atom stereocenters. The molecule has 1 amide bonds. The first-order valence-corrected chi connectivity index (χ1v) is 12.6. The molecule has 1 heterocycles. The van der Waals surface area contributed by atoms with Crippen LogP contribution in [0.15, 0.2) is 77.7 Å². The molecule has 4 heteroatoms. The maximum absolute atomic E-state index is 12.9. The first-order chi connectivity index (χ1) is 16.0. The zero-order chi connectivity index (χ0) is 23.4. The molecular weight excluding hydrogens is 424 g/mol. The van der Waals surface area contributed by atoms with Gasteiger partial charge in [0.05, 0.1) is 0 Å². The molecule has 33 heavy (non-hydrogen) atoms. The molecule has 3 nitrogen and oxygen atoms in total. The lowest BCUT2D eigenvalue weighted by Gasteiger charge is -2.16. The van der Waals surface area contributed by atoms with E-state index in [0.29, 0.717) is 18.2 Å². The minimum Gasteiger partial charge on any atom is -0.348 e. The lowest BCUT2D eigenvalue weighted by Crippen LogP contribution is -2.22. The second-order valence-electron chi connectivity index (χ2n) is 8.74. The van der Waals surface area contributed by atoms with E-state index in [2.05, 4.69) is 98.2 Å². The van der Waals surface area contributed by atoms with Gasteiger partial charge >= 0.3 is 0 Å². The highest BCUT2D eigenvalue weighted by Gasteiger charge is 2.15. The third-order valence-corrected chi connectivity index (χ3v) is 6.91. The summed E-state index contributed by atoms with van der Waals surface area (Å²) in [6.07, 6.45) is 0.882. The predicted octanol–water partition coefficient (Wildman–Crippen LogP) is 7.16. The summed E-state index contributed by atoms with van der Waals surface area (Å²) in [4.78, 5) is 14.1. The van der Waals surface area contributed by atoms with Gasteiger partial charge in [0.1, 0.15) is 0 Å². The van der Waals surface area contributed by atoms with Gasteiger partial charge in [-0.1, -0.05) is 43.3 Å². The number of rotatable bonds is 8. The highest BCUT2D eigenvalue weighted by molar-refractivity contribution is 7.99. The molecule has 0 fully saturated rings. The standard InChI is InChI=1S/C29H32N2OS/c1-5-33-27-13-10-22(11-14-27)19-30-29(32)24-12-15-28-25(16-24)18-26(31(28)20(2)3)17-23-9-7-6-8-21(23)4/h6-16,18,20H,5,17,19H2,1-4H3,(H,30,32). The Morgan fingerprint density at radius 3 is 2.45 bits per heavy atom. The van der Waals surface area contributed by atoms with Gasteiger partial charge in [0, 0.05) is 46.1 Å². The van der Waals surface area contributed by atoms with Crippen molar-refractivity contribution in [3.8, 4) is 0 Å². The van der Waals surface area contributed by atoms with Crippen molar-refractivity contribution in [3.05, 3.63) is 101 Å². The van der Waals surface area contributed by atoms with Crippen LogP contribution in [0.5, 0.6) is 0 Å². The van der Waals surface area contributed by atoms with Gasteiger partial charge in [0.2, 0.25) is 0 Å². The number of aryl methyl sites for hydroxylation is 1. The van der Waals surface area contributed by atoms with Gasteiger partial charge in [-0.05, 0) is 79.6 Å². The van der Waals surface area contributed by atoms with Crippen molar-refractivity contribution in [2.45, 2.75) is 51.6 Å². The van der Waals surface area contributed by atoms with E-state index in [4.69, 9.17) is 0 Å². The number of amides is 1. The second-order valence-corrected chi connectivity index (χ2v) is 10.1. The molecule has 0 aliphatic rings. The summed E-state index contributed by atoms with van der Waals surface area (Å²) in [7, 11) is 0. The van der Waals surface area contributed by atoms with Gasteiger partial charge in [-0.15, -0.1) is 11.8 Å². The minimum absolute atomic E-state index is 0.0401. The van der Waals surface area contributed by atoms with Gasteiger partial charge in [-0.2, -0.15) is 0 Å². The second kappa shape index (κ2) is 10.3. The van der Waals surface area contributed by atoms with Crippen LogP contribution < -0.4 is 5.32 Å². The Labute approximate surface area is 201 Å². The highest BCUT2D eigenvalue weighted by atomic mass is 32.2. The molecule has 4 aromatic rings. The van der Waals surface area contributed by atoms with Crippen molar-refractivity contribution < 1.29 is 4.79 Å². The number of nitrogens with one attached hydrogen (secondary N) is 1. The van der Waals surface area contributed by atoms with Crippen molar-refractivity contribution >= 4 is 28.6 Å². The number of carbonyl (C=O) groups is 1. The average Bonchev–Trinajstić information content (AvgIpc) is 3.17. The van der Waals surface area contributed by atoms with Crippen LogP contribution in [-0.4, -0.2) is 16.2 Å². The summed E-state index contributed by atoms with van der Waals surface area (Å²) in [6, 6.07) is 25.6. The Kier molecular flexibility index (Phi) is 7.24. The Balaban J connectivity index is 1.54. The molecule has 0 bridgehead atoms. The largest absolute Gasteiger partial charge is 0.348 e. The fourth-order valence-corrected chi connectivity index (χ4v) is 5.00. The van der Waals surface area contributed by atoms with Crippen LogP contribution in [0.4, 0.5) is 0 Å². The van der Waals surface area contributed by atoms with Crippen LogP contribution in [-0.2, 0) is 13.0 Å². The van der Waals surface area contributed by atoms with Crippen LogP contribution >= 0.6 is 11.8 Å². The Morgan fingerprint density at radius 2 is 1.76 bits per heavy atom. The van der Waals surface area contributed by atoms with E-state index in [9.17, 15) is 4.79 Å². The number of thioether (sulfide) groups is 1. The Bertz CT molecular complexity index is 1250. The number of nitrogens with zero attached hydrogens (tertiary/aromatic N) is 1. The van der Waals surface area contributed by atoms with Crippen LogP contribution in [0, 0.1) is 6.92 Å². The molecule has 0 unspecified atom stereocenters. The summed E-state index contributed by atoms with van der Waals surface area (Å²) in [5.74, 6) is 1.02. The van der Waals surface area contributed by atoms with E-state index in [1.165, 1.54) is 27.2 Å². The molecule has 0 spiro atoms. The van der Waals surface area contributed by atoms with Crippen molar-refractivity contribution in [2.24, 2.45) is 0 Å². The highest BCUT2D eigenvalue weighted by Crippen LogP contribution is 2.28. The first kappa shape index (κ1) is 23.2. The molecule has 0 radical (unpaired) electrons. The zero-order valence-electron chi connectivity index (χ0n) is 19.9. The van der Waals surface area contributed by atoms with Gasteiger partial charge in [-0.25, -0.2) is 0 Å². The minimum atomic E-state index is -0.0401. The van der Waals surface area contributed by atoms with Gasteiger partial charge in [0.25, 0.3) is 5.91 Å². The summed E-state index contributed by atoms with van der Waals surface area (Å²) in [5, 5.41) is 4.18. The van der Waals surface area contributed by atoms with Crippen LogP contribution in [0.1, 0.15) is 59.6 Å². The fraction of sp³-hybridized carbons (Fsp3) is 0.276. The lowest BCUT2D eigenvalue weighted by atomic mass is 10.0. The predicted molar refractivity (Wildman–Crippen MR) is 140 cm³/mol. The molecule has 1 N–H and O–H groups in total. The van der Waals surface area contributed by atoms with Crippen LogP contribution in [0.25, 0.3) is 10.9 Å². The Morgan fingerprint density at radius 1 is 1.00 bits per heavy atom. The van der Waals surface area contributed by atoms with E-state index in [1.54, 1.807) is 0 Å². The van der Waals surface area contributed by atoms with Crippen LogP contribution in [0.3, 0.4) is 0 Å². The molecule has 170 valence electrons. The summed E-state index contributed by atoms with van der Waals surface area (Å²) < 4.78 is 2.39. The number of hydrogen-bond acceptors (Lipinski definition) is 2. The topological polar surface area (TPSA) is 34.0 Å². The molecule has 4 rings (SSSR count). The average molecular weight is 457 g/mol. The maximum atomic E-state index is 12.9. The molecule has 0 aliphatic carbocycles. The number of aromatic nitrogens is 1. The van der Waals surface area contributed by atoms with E-state index in [-0.39, 0.29) is 5.91 Å². The fourth-order valence-electron chi connectivity index (χ4n) is 4.34. The molecule has 0 aliphatic heterocycles. The molecular formula is C29H32N2OS. The lowest BCUT2D eigenvalue weighted by molar-refractivity contribution is 0.0951. The normalized spacial score (nSPS) is 11.3. The molecule has 0 saturated heterocycles. The molecule has 3 aromatic carbocycles. The van der Waals surface area contributed by atoms with Crippen LogP contribution in [0.2, 0.25) is 0 Å². The zero-order valence-corrected chi connectivity index (χ0v) is 20.7. The van der Waals surface area contributed by atoms with Crippen molar-refractivity contribution in [1.29, 1.82) is 0 Å². The van der Waals surface area contributed by atoms with E-state index < -0.39 is 0 Å². The van der Waals surface area contributed by atoms with Gasteiger partial charge in [0.15, 0.2) is 0 Å². The third-order valence-electron chi connectivity index (χ3n) is 6.02. The Hall–Kier alpha value is -2.98.